The molecule has 0 saturated heterocycles. The average Bonchev–Trinajstić information content (AvgIpc) is 2.87. The zero-order valence-electron chi connectivity index (χ0n) is 8.76. The van der Waals surface area contributed by atoms with Crippen molar-refractivity contribution in [2.75, 3.05) is 6.54 Å². The summed E-state index contributed by atoms with van der Waals surface area (Å²) in [5, 5.41) is 4.90. The smallest absolute Gasteiger partial charge is 0.0465 e. The van der Waals surface area contributed by atoms with E-state index in [2.05, 4.69) is 12.2 Å². The Labute approximate surface area is 101 Å². The molecule has 1 N–H and O–H groups in total. The second kappa shape index (κ2) is 4.73. The van der Waals surface area contributed by atoms with Crippen molar-refractivity contribution in [1.29, 1.82) is 0 Å². The molecule has 2 atom stereocenters. The Morgan fingerprint density at radius 1 is 1.33 bits per heavy atom. The van der Waals surface area contributed by atoms with E-state index in [1.165, 1.54) is 6.42 Å². The van der Waals surface area contributed by atoms with Crippen LogP contribution in [0.1, 0.15) is 18.9 Å². The molecule has 0 amide bonds. The molecule has 0 heterocycles. The van der Waals surface area contributed by atoms with E-state index < -0.39 is 0 Å². The predicted molar refractivity (Wildman–Crippen MR) is 65.4 cm³/mol. The van der Waals surface area contributed by atoms with E-state index in [0.29, 0.717) is 0 Å². The van der Waals surface area contributed by atoms with Crippen LogP contribution in [0.3, 0.4) is 0 Å². The van der Waals surface area contributed by atoms with Crippen molar-refractivity contribution >= 4 is 23.2 Å². The van der Waals surface area contributed by atoms with Crippen LogP contribution in [-0.4, -0.2) is 6.54 Å². The molecule has 1 aliphatic carbocycles. The molecule has 2 rings (SSSR count). The Morgan fingerprint density at radius 2 is 1.93 bits per heavy atom. The van der Waals surface area contributed by atoms with Gasteiger partial charge in [0.15, 0.2) is 0 Å². The Balaban J connectivity index is 1.87. The van der Waals surface area contributed by atoms with E-state index in [-0.39, 0.29) is 0 Å². The van der Waals surface area contributed by atoms with Gasteiger partial charge in [0.25, 0.3) is 0 Å². The van der Waals surface area contributed by atoms with Gasteiger partial charge in [0.1, 0.15) is 0 Å². The van der Waals surface area contributed by atoms with Crippen LogP contribution in [0.5, 0.6) is 0 Å². The number of hydrogen-bond acceptors (Lipinski definition) is 1. The highest BCUT2D eigenvalue weighted by atomic mass is 35.5. The fourth-order valence-electron chi connectivity index (χ4n) is 1.77. The predicted octanol–water partition coefficient (Wildman–Crippen LogP) is 3.74. The van der Waals surface area contributed by atoms with Gasteiger partial charge in [0.2, 0.25) is 0 Å². The van der Waals surface area contributed by atoms with Crippen LogP contribution in [0.25, 0.3) is 0 Å². The molecule has 1 aromatic rings. The third kappa shape index (κ3) is 2.87. The van der Waals surface area contributed by atoms with E-state index in [9.17, 15) is 0 Å². The first kappa shape index (κ1) is 11.3. The van der Waals surface area contributed by atoms with Crippen LogP contribution in [0.2, 0.25) is 10.0 Å². The van der Waals surface area contributed by atoms with Gasteiger partial charge in [-0.3, -0.25) is 0 Å². The Hall–Kier alpha value is -0.240. The summed E-state index contributed by atoms with van der Waals surface area (Å²) < 4.78 is 0. The minimum atomic E-state index is 0.749. The van der Waals surface area contributed by atoms with Gasteiger partial charge in [-0.1, -0.05) is 36.2 Å². The van der Waals surface area contributed by atoms with E-state index >= 15 is 0 Å². The fraction of sp³-hybridized carbons (Fsp3) is 0.500. The second-order valence-corrected chi connectivity index (χ2v) is 5.12. The number of nitrogens with one attached hydrogen (secondary N) is 1. The van der Waals surface area contributed by atoms with Crippen LogP contribution in [0.4, 0.5) is 0 Å². The van der Waals surface area contributed by atoms with Gasteiger partial charge in [-0.25, -0.2) is 0 Å². The van der Waals surface area contributed by atoms with Crippen molar-refractivity contribution in [1.82, 2.24) is 5.32 Å². The number of rotatable bonds is 4. The summed E-state index contributed by atoms with van der Waals surface area (Å²) in [6, 6.07) is 5.63. The van der Waals surface area contributed by atoms with Crippen molar-refractivity contribution in [2.24, 2.45) is 11.8 Å². The molecule has 15 heavy (non-hydrogen) atoms. The fourth-order valence-corrected chi connectivity index (χ4v) is 2.30. The maximum absolute atomic E-state index is 6.06. The maximum atomic E-state index is 6.06. The van der Waals surface area contributed by atoms with Crippen LogP contribution >= 0.6 is 23.2 Å². The third-order valence-corrected chi connectivity index (χ3v) is 3.75. The lowest BCUT2D eigenvalue weighted by Gasteiger charge is -2.08. The summed E-state index contributed by atoms with van der Waals surface area (Å²) >= 11 is 12.1. The Bertz CT molecular complexity index is 331. The molecule has 82 valence electrons. The second-order valence-electron chi connectivity index (χ2n) is 4.30. The molecule has 0 radical (unpaired) electrons. The third-order valence-electron chi connectivity index (χ3n) is 3.05. The number of benzene rings is 1. The van der Waals surface area contributed by atoms with Crippen LogP contribution in [0, 0.1) is 11.8 Å². The van der Waals surface area contributed by atoms with E-state index in [4.69, 9.17) is 23.2 Å². The summed E-state index contributed by atoms with van der Waals surface area (Å²) in [7, 11) is 0. The zero-order valence-corrected chi connectivity index (χ0v) is 10.3. The average molecular weight is 244 g/mol. The van der Waals surface area contributed by atoms with E-state index in [1.807, 2.05) is 18.2 Å². The van der Waals surface area contributed by atoms with Crippen LogP contribution in [0.15, 0.2) is 18.2 Å². The molecular weight excluding hydrogens is 229 g/mol. The lowest BCUT2D eigenvalue weighted by molar-refractivity contribution is 0.612. The quantitative estimate of drug-likeness (QED) is 0.850. The highest BCUT2D eigenvalue weighted by Gasteiger charge is 2.31. The molecule has 1 fully saturated rings. The van der Waals surface area contributed by atoms with E-state index in [1.54, 1.807) is 0 Å². The van der Waals surface area contributed by atoms with E-state index in [0.717, 1.165) is 40.5 Å². The molecule has 1 aromatic carbocycles. The first-order chi connectivity index (χ1) is 7.18. The number of hydrogen-bond donors (Lipinski definition) is 1. The minimum absolute atomic E-state index is 0.749. The molecule has 1 nitrogen and oxygen atoms in total. The highest BCUT2D eigenvalue weighted by molar-refractivity contribution is 6.35. The minimum Gasteiger partial charge on any atom is -0.312 e. The van der Waals surface area contributed by atoms with Crippen LogP contribution in [-0.2, 0) is 6.54 Å². The molecule has 0 bridgehead atoms. The molecular formula is C12H15Cl2N. The normalized spacial score (nSPS) is 24.2. The van der Waals surface area contributed by atoms with Crippen molar-refractivity contribution in [3.05, 3.63) is 33.8 Å². The van der Waals surface area contributed by atoms with Gasteiger partial charge in [0.05, 0.1) is 0 Å². The summed E-state index contributed by atoms with van der Waals surface area (Å²) in [5.74, 6) is 1.74. The largest absolute Gasteiger partial charge is 0.312 e. The molecule has 2 unspecified atom stereocenters. The first-order valence-electron chi connectivity index (χ1n) is 5.32. The number of halogens is 2. The van der Waals surface area contributed by atoms with Crippen molar-refractivity contribution in [3.8, 4) is 0 Å². The summed E-state index contributed by atoms with van der Waals surface area (Å²) in [6.07, 6.45) is 1.35. The summed E-state index contributed by atoms with van der Waals surface area (Å²) in [6.45, 7) is 4.12. The lowest BCUT2D eigenvalue weighted by Crippen LogP contribution is -2.17. The molecule has 0 aliphatic heterocycles. The summed E-state index contributed by atoms with van der Waals surface area (Å²) in [5.41, 5.74) is 1.01. The van der Waals surface area contributed by atoms with Crippen molar-refractivity contribution < 1.29 is 0 Å². The Morgan fingerprint density at radius 3 is 2.47 bits per heavy atom. The lowest BCUT2D eigenvalue weighted by atomic mass is 10.2. The van der Waals surface area contributed by atoms with Crippen LogP contribution < -0.4 is 5.32 Å². The Kier molecular flexibility index (Phi) is 3.55. The van der Waals surface area contributed by atoms with Crippen molar-refractivity contribution in [3.63, 3.8) is 0 Å². The molecule has 0 aromatic heterocycles. The van der Waals surface area contributed by atoms with Crippen molar-refractivity contribution in [2.45, 2.75) is 19.9 Å². The van der Waals surface area contributed by atoms with Gasteiger partial charge >= 0.3 is 0 Å². The maximum Gasteiger partial charge on any atom is 0.0465 e. The standard InChI is InChI=1S/C12H15Cl2N/c1-8-5-9(8)6-15-7-10-11(13)3-2-4-12(10)14/h2-4,8-9,15H,5-7H2,1H3. The van der Waals surface area contributed by atoms with Gasteiger partial charge in [-0.05, 0) is 36.9 Å². The topological polar surface area (TPSA) is 12.0 Å². The van der Waals surface area contributed by atoms with Gasteiger partial charge in [-0.2, -0.15) is 0 Å². The van der Waals surface area contributed by atoms with Gasteiger partial charge in [-0.15, -0.1) is 0 Å². The summed E-state index contributed by atoms with van der Waals surface area (Å²) in [4.78, 5) is 0. The first-order valence-corrected chi connectivity index (χ1v) is 6.07. The van der Waals surface area contributed by atoms with Gasteiger partial charge in [0, 0.05) is 22.2 Å². The van der Waals surface area contributed by atoms with Gasteiger partial charge < -0.3 is 5.32 Å². The molecule has 0 spiro atoms. The SMILES string of the molecule is CC1CC1CNCc1c(Cl)cccc1Cl. The molecule has 1 aliphatic rings. The highest BCUT2D eigenvalue weighted by Crippen LogP contribution is 2.36. The zero-order chi connectivity index (χ0) is 10.8. The molecule has 1 saturated carbocycles. The molecule has 3 heteroatoms. The monoisotopic (exact) mass is 243 g/mol.